The summed E-state index contributed by atoms with van der Waals surface area (Å²) in [6.07, 6.45) is 0.604. The van der Waals surface area contributed by atoms with Crippen molar-refractivity contribution in [1.29, 1.82) is 0 Å². The topological polar surface area (TPSA) is 67.9 Å². The number of hydrogen-bond acceptors (Lipinski definition) is 4. The Morgan fingerprint density at radius 1 is 1.30 bits per heavy atom. The number of nitrogens with one attached hydrogen (secondary N) is 1. The first kappa shape index (κ1) is 17.4. The number of carbonyl (C=O) groups excluding carboxylic acids is 2. The number of ether oxygens (including phenoxy) is 2. The largest absolute Gasteiger partial charge is 0.354 e. The molecule has 23 heavy (non-hydrogen) atoms. The van der Waals surface area contributed by atoms with E-state index in [9.17, 15) is 9.59 Å². The van der Waals surface area contributed by atoms with Crippen molar-refractivity contribution in [3.8, 4) is 0 Å². The first-order valence-corrected chi connectivity index (χ1v) is 7.79. The highest BCUT2D eigenvalue weighted by atomic mass is 16.7. The summed E-state index contributed by atoms with van der Waals surface area (Å²) in [4.78, 5) is 26.0. The molecule has 1 atom stereocenters. The molecular weight excluding hydrogens is 296 g/mol. The predicted molar refractivity (Wildman–Crippen MR) is 85.6 cm³/mol. The summed E-state index contributed by atoms with van der Waals surface area (Å²) in [5.41, 5.74) is 1.19. The number of rotatable bonds is 8. The molecule has 2 rings (SSSR count). The van der Waals surface area contributed by atoms with Crippen molar-refractivity contribution in [3.63, 3.8) is 0 Å². The van der Waals surface area contributed by atoms with Gasteiger partial charge in [0.05, 0.1) is 12.5 Å². The van der Waals surface area contributed by atoms with Crippen molar-refractivity contribution in [2.75, 3.05) is 33.9 Å². The summed E-state index contributed by atoms with van der Waals surface area (Å²) < 4.78 is 10.1. The van der Waals surface area contributed by atoms with Crippen molar-refractivity contribution >= 4 is 11.8 Å². The van der Waals surface area contributed by atoms with Crippen LogP contribution in [-0.2, 0) is 25.5 Å². The lowest BCUT2D eigenvalue weighted by Gasteiger charge is -2.18. The second kappa shape index (κ2) is 8.64. The summed E-state index contributed by atoms with van der Waals surface area (Å²) in [7, 11) is 3.04. The molecule has 0 saturated carbocycles. The van der Waals surface area contributed by atoms with E-state index >= 15 is 0 Å². The highest BCUT2D eigenvalue weighted by Crippen LogP contribution is 2.18. The lowest BCUT2D eigenvalue weighted by atomic mass is 10.1. The normalized spacial score (nSPS) is 17.8. The van der Waals surface area contributed by atoms with Crippen molar-refractivity contribution in [3.05, 3.63) is 35.9 Å². The summed E-state index contributed by atoms with van der Waals surface area (Å²) in [6, 6.07) is 10.0. The Kier molecular flexibility index (Phi) is 6.55. The van der Waals surface area contributed by atoms with E-state index in [1.54, 1.807) is 4.90 Å². The van der Waals surface area contributed by atoms with E-state index in [0.717, 1.165) is 6.42 Å². The Morgan fingerprint density at radius 2 is 2.00 bits per heavy atom. The third-order valence-corrected chi connectivity index (χ3v) is 4.07. The number of hydrogen-bond donors (Lipinski definition) is 1. The minimum absolute atomic E-state index is 0.0381. The van der Waals surface area contributed by atoms with Gasteiger partial charge in [-0.3, -0.25) is 9.59 Å². The number of benzene rings is 1. The lowest BCUT2D eigenvalue weighted by molar-refractivity contribution is -0.131. The number of methoxy groups -OCH3 is 2. The summed E-state index contributed by atoms with van der Waals surface area (Å²) in [6.45, 7) is 1.40. The standard InChI is InChI=1S/C17H24N2O4/c1-22-16(23-2)11-18-17(21)14-10-15(20)19(12-14)9-8-13-6-4-3-5-7-13/h3-7,14,16H,8-12H2,1-2H3,(H,18,21)/t14-/m1/s1. The Morgan fingerprint density at radius 3 is 2.65 bits per heavy atom. The minimum atomic E-state index is -0.467. The van der Waals surface area contributed by atoms with Gasteiger partial charge in [-0.1, -0.05) is 30.3 Å². The molecule has 1 fully saturated rings. The first-order valence-electron chi connectivity index (χ1n) is 7.79. The molecule has 0 unspecified atom stereocenters. The van der Waals surface area contributed by atoms with Gasteiger partial charge in [-0.25, -0.2) is 0 Å². The van der Waals surface area contributed by atoms with Crippen LogP contribution in [0.3, 0.4) is 0 Å². The van der Waals surface area contributed by atoms with Gasteiger partial charge >= 0.3 is 0 Å². The monoisotopic (exact) mass is 320 g/mol. The van der Waals surface area contributed by atoms with Crippen LogP contribution < -0.4 is 5.32 Å². The van der Waals surface area contributed by atoms with Crippen molar-refractivity contribution in [1.82, 2.24) is 10.2 Å². The molecule has 6 heteroatoms. The van der Waals surface area contributed by atoms with Crippen LogP contribution in [0, 0.1) is 5.92 Å². The first-order chi connectivity index (χ1) is 11.1. The van der Waals surface area contributed by atoms with Gasteiger partial charge < -0.3 is 19.7 Å². The molecule has 126 valence electrons. The number of carbonyl (C=O) groups is 2. The Bertz CT molecular complexity index is 517. The quantitative estimate of drug-likeness (QED) is 0.720. The predicted octanol–water partition coefficient (Wildman–Crippen LogP) is 0.813. The molecule has 1 aromatic rings. The smallest absolute Gasteiger partial charge is 0.225 e. The maximum absolute atomic E-state index is 12.1. The third-order valence-electron chi connectivity index (χ3n) is 4.07. The number of nitrogens with zero attached hydrogens (tertiary/aromatic N) is 1. The molecule has 1 aliphatic rings. The van der Waals surface area contributed by atoms with E-state index in [4.69, 9.17) is 9.47 Å². The third kappa shape index (κ3) is 5.04. The molecule has 0 aliphatic carbocycles. The molecule has 6 nitrogen and oxygen atoms in total. The Balaban J connectivity index is 1.78. The van der Waals surface area contributed by atoms with Gasteiger partial charge in [0.2, 0.25) is 11.8 Å². The van der Waals surface area contributed by atoms with Gasteiger partial charge in [-0.2, -0.15) is 0 Å². The number of amides is 2. The fourth-order valence-corrected chi connectivity index (χ4v) is 2.66. The minimum Gasteiger partial charge on any atom is -0.354 e. The maximum Gasteiger partial charge on any atom is 0.225 e. The highest BCUT2D eigenvalue weighted by Gasteiger charge is 2.34. The molecule has 1 N–H and O–H groups in total. The van der Waals surface area contributed by atoms with Crippen LogP contribution in [0.15, 0.2) is 30.3 Å². The van der Waals surface area contributed by atoms with E-state index in [0.29, 0.717) is 13.1 Å². The molecule has 1 saturated heterocycles. The Hall–Kier alpha value is -1.92. The maximum atomic E-state index is 12.1. The molecule has 1 aromatic carbocycles. The summed E-state index contributed by atoms with van der Waals surface area (Å²) in [5, 5.41) is 2.77. The van der Waals surface area contributed by atoms with Crippen LogP contribution in [0.5, 0.6) is 0 Å². The van der Waals surface area contributed by atoms with Gasteiger partial charge in [0.1, 0.15) is 0 Å². The zero-order valence-corrected chi connectivity index (χ0v) is 13.7. The van der Waals surface area contributed by atoms with Crippen LogP contribution in [-0.4, -0.2) is 56.9 Å². The number of likely N-dealkylation sites (tertiary alicyclic amines) is 1. The van der Waals surface area contributed by atoms with Gasteiger partial charge in [0.25, 0.3) is 0 Å². The van der Waals surface area contributed by atoms with E-state index < -0.39 is 6.29 Å². The van der Waals surface area contributed by atoms with E-state index in [1.165, 1.54) is 19.8 Å². The van der Waals surface area contributed by atoms with E-state index in [1.807, 2.05) is 30.3 Å². The van der Waals surface area contributed by atoms with Crippen LogP contribution >= 0.6 is 0 Å². The van der Waals surface area contributed by atoms with E-state index in [-0.39, 0.29) is 30.7 Å². The molecule has 0 bridgehead atoms. The van der Waals surface area contributed by atoms with Gasteiger partial charge in [0, 0.05) is 33.7 Å². The fourth-order valence-electron chi connectivity index (χ4n) is 2.66. The highest BCUT2D eigenvalue weighted by molar-refractivity contribution is 5.89. The average Bonchev–Trinajstić information content (AvgIpc) is 2.95. The average molecular weight is 320 g/mol. The molecular formula is C17H24N2O4. The van der Waals surface area contributed by atoms with Crippen molar-refractivity contribution in [2.24, 2.45) is 5.92 Å². The molecule has 0 aromatic heterocycles. The summed E-state index contributed by atoms with van der Waals surface area (Å²) >= 11 is 0. The molecule has 0 radical (unpaired) electrons. The van der Waals surface area contributed by atoms with E-state index in [2.05, 4.69) is 5.32 Å². The van der Waals surface area contributed by atoms with Crippen LogP contribution in [0.25, 0.3) is 0 Å². The summed E-state index contributed by atoms with van der Waals surface area (Å²) in [5.74, 6) is -0.386. The second-order valence-corrected chi connectivity index (χ2v) is 5.62. The zero-order valence-electron chi connectivity index (χ0n) is 13.7. The molecule has 1 aliphatic heterocycles. The molecule has 2 amide bonds. The van der Waals surface area contributed by atoms with Gasteiger partial charge in [-0.05, 0) is 12.0 Å². The van der Waals surface area contributed by atoms with Crippen LogP contribution in [0.2, 0.25) is 0 Å². The lowest BCUT2D eigenvalue weighted by Crippen LogP contribution is -2.38. The fraction of sp³-hybridized carbons (Fsp3) is 0.529. The molecule has 0 spiro atoms. The van der Waals surface area contributed by atoms with Crippen LogP contribution in [0.1, 0.15) is 12.0 Å². The zero-order chi connectivity index (χ0) is 16.7. The molecule has 1 heterocycles. The SMILES string of the molecule is COC(CNC(=O)[C@@H]1CC(=O)N(CCc2ccccc2)C1)OC. The van der Waals surface area contributed by atoms with Crippen molar-refractivity contribution in [2.45, 2.75) is 19.1 Å². The van der Waals surface area contributed by atoms with Gasteiger partial charge in [0.15, 0.2) is 6.29 Å². The van der Waals surface area contributed by atoms with Gasteiger partial charge in [-0.15, -0.1) is 0 Å². The van der Waals surface area contributed by atoms with Crippen LogP contribution in [0.4, 0.5) is 0 Å². The van der Waals surface area contributed by atoms with Crippen molar-refractivity contribution < 1.29 is 19.1 Å². The Labute approximate surface area is 136 Å². The second-order valence-electron chi connectivity index (χ2n) is 5.62.